The molecule has 0 radical (unpaired) electrons. The number of allylic oxidation sites excluding steroid dienone is 1. The van der Waals surface area contributed by atoms with E-state index in [1.807, 2.05) is 42.5 Å². The highest BCUT2D eigenvalue weighted by Gasteiger charge is 2.47. The van der Waals surface area contributed by atoms with Crippen LogP contribution in [0.4, 0.5) is 0 Å². The minimum Gasteiger partial charge on any atom is -0.462 e. The number of fused-ring (bicyclic) bond motifs is 2. The van der Waals surface area contributed by atoms with Crippen molar-refractivity contribution in [1.29, 1.82) is 5.26 Å². The molecule has 18 nitrogen and oxygen atoms in total. The second-order valence-corrected chi connectivity index (χ2v) is 21.9. The third kappa shape index (κ3) is 14.2. The molecule has 0 bridgehead atoms. The zero-order valence-corrected chi connectivity index (χ0v) is 44.1. The predicted octanol–water partition coefficient (Wildman–Crippen LogP) is 8.33. The second-order valence-electron chi connectivity index (χ2n) is 17.3. The molecule has 0 unspecified atom stereocenters. The number of amides is 2. The van der Waals surface area contributed by atoms with Crippen LogP contribution in [0.2, 0.25) is 0 Å². The summed E-state index contributed by atoms with van der Waals surface area (Å²) >= 11 is 3.56. The molecule has 0 spiro atoms. The van der Waals surface area contributed by atoms with Gasteiger partial charge in [0.25, 0.3) is 11.8 Å². The number of ether oxygens (including phenoxy) is 6. The first kappa shape index (κ1) is 56.2. The van der Waals surface area contributed by atoms with E-state index in [4.69, 9.17) is 28.4 Å². The quantitative estimate of drug-likeness (QED) is 0.0185. The molecule has 0 aliphatic carbocycles. The maximum atomic E-state index is 14.7. The van der Waals surface area contributed by atoms with Gasteiger partial charge in [0.2, 0.25) is 0 Å². The van der Waals surface area contributed by atoms with E-state index in [-0.39, 0.29) is 101 Å². The summed E-state index contributed by atoms with van der Waals surface area (Å²) in [7, 11) is 0. The lowest BCUT2D eigenvalue weighted by atomic mass is 9.87. The Bertz CT molecular complexity index is 2770. The number of hydrazine groups is 1. The fourth-order valence-electron chi connectivity index (χ4n) is 6.63. The molecule has 3 aromatic carbocycles. The van der Waals surface area contributed by atoms with Crippen molar-refractivity contribution in [3.8, 4) is 17.6 Å². The van der Waals surface area contributed by atoms with E-state index in [1.165, 1.54) is 23.9 Å². The van der Waals surface area contributed by atoms with E-state index < -0.39 is 84.5 Å². The first-order valence-electron chi connectivity index (χ1n) is 22.7. The zero-order valence-electron chi connectivity index (χ0n) is 40.9. The Labute approximate surface area is 443 Å². The van der Waals surface area contributed by atoms with Gasteiger partial charge in [-0.1, -0.05) is 142 Å². The molecule has 0 N–H and O–H groups in total. The molecule has 74 heavy (non-hydrogen) atoms. The average molecular weight is 1080 g/mol. The van der Waals surface area contributed by atoms with E-state index in [0.29, 0.717) is 0 Å². The number of ketones is 1. The van der Waals surface area contributed by atoms with Crippen molar-refractivity contribution in [3.05, 3.63) is 116 Å². The Kier molecular flexibility index (Phi) is 19.2. The number of hydrogen-bond donors (Lipinski definition) is 0. The second kappa shape index (κ2) is 25.3. The van der Waals surface area contributed by atoms with Crippen LogP contribution in [0.15, 0.2) is 124 Å². The van der Waals surface area contributed by atoms with Crippen molar-refractivity contribution in [2.75, 3.05) is 26.4 Å². The standard InChI is InChI=1S/C52H49N3O15S4/c1-29(2)48(63)67-24-22-65-34(56)18-20-36(58)69-39-41-42(72-50(71-41)33(26-53)45(60)52(5,6)7)40(70-37(59)21-19-35(57)66-23-25-68-49(64)30(3)4)44-43(39)73-51(74-44)38-46(61)54(27-31-14-10-8-11-15-31)55(47(38)62)28-32-16-12-9-13-17-32/h8-17H,1,3,18-25,27-28H2,2,4-7H3. The van der Waals surface area contributed by atoms with Crippen molar-refractivity contribution < 1.29 is 71.6 Å². The molecule has 0 saturated carbocycles. The smallest absolute Gasteiger partial charge is 0.333 e. The third-order valence-electron chi connectivity index (χ3n) is 10.3. The molecule has 22 heteroatoms. The summed E-state index contributed by atoms with van der Waals surface area (Å²) in [6.07, 6.45) is -1.96. The van der Waals surface area contributed by atoms with Crippen LogP contribution in [0.3, 0.4) is 0 Å². The van der Waals surface area contributed by atoms with Crippen molar-refractivity contribution >= 4 is 100 Å². The van der Waals surface area contributed by atoms with Gasteiger partial charge in [-0.2, -0.15) is 5.26 Å². The third-order valence-corrected chi connectivity index (χ3v) is 15.5. The first-order chi connectivity index (χ1) is 35.2. The van der Waals surface area contributed by atoms with E-state index in [0.717, 1.165) is 58.2 Å². The molecule has 6 rings (SSSR count). The molecule has 0 atom stereocenters. The van der Waals surface area contributed by atoms with Crippen LogP contribution >= 0.6 is 47.0 Å². The average Bonchev–Trinajstić information content (AvgIpc) is 4.06. The van der Waals surface area contributed by atoms with Gasteiger partial charge in [-0.25, -0.2) is 19.6 Å². The number of hydrogen-bond acceptors (Lipinski definition) is 20. The number of benzene rings is 3. The van der Waals surface area contributed by atoms with Crippen LogP contribution in [0, 0.1) is 16.7 Å². The van der Waals surface area contributed by atoms with Crippen LogP contribution in [-0.4, -0.2) is 89.9 Å². The van der Waals surface area contributed by atoms with Crippen molar-refractivity contribution in [2.24, 2.45) is 5.41 Å². The van der Waals surface area contributed by atoms with Crippen molar-refractivity contribution in [1.82, 2.24) is 10.0 Å². The predicted molar refractivity (Wildman–Crippen MR) is 271 cm³/mol. The molecule has 3 aliphatic rings. The van der Waals surface area contributed by atoms with Crippen molar-refractivity contribution in [3.63, 3.8) is 0 Å². The number of thioether (sulfide) groups is 4. The van der Waals surface area contributed by atoms with E-state index >= 15 is 0 Å². The monoisotopic (exact) mass is 1080 g/mol. The molecule has 3 aliphatic heterocycles. The maximum Gasteiger partial charge on any atom is 0.333 e. The number of rotatable bonds is 21. The number of carbonyl (C=O) groups excluding carboxylic acids is 9. The Morgan fingerprint density at radius 1 is 0.568 bits per heavy atom. The number of Topliss-reactive ketones (excluding diaryl/α,β-unsaturated/α-hetero) is 1. The van der Waals surface area contributed by atoms with Gasteiger partial charge in [0.15, 0.2) is 17.3 Å². The van der Waals surface area contributed by atoms with Crippen LogP contribution < -0.4 is 9.47 Å². The fraction of sp³-hybridized carbons (Fsp3) is 0.308. The van der Waals surface area contributed by atoms with Gasteiger partial charge >= 0.3 is 35.8 Å². The van der Waals surface area contributed by atoms with E-state index in [9.17, 15) is 48.4 Å². The Morgan fingerprint density at radius 3 is 1.30 bits per heavy atom. The zero-order chi connectivity index (χ0) is 53.9. The first-order valence-corrected chi connectivity index (χ1v) is 25.9. The van der Waals surface area contributed by atoms with Gasteiger partial charge < -0.3 is 28.4 Å². The Hall–Kier alpha value is -7.06. The van der Waals surface area contributed by atoms with Gasteiger partial charge in [-0.15, -0.1) is 0 Å². The van der Waals surface area contributed by atoms with Crippen molar-refractivity contribution in [2.45, 2.75) is 93.0 Å². The van der Waals surface area contributed by atoms with Gasteiger partial charge in [0.05, 0.1) is 66.8 Å². The van der Waals surface area contributed by atoms with Crippen LogP contribution in [0.5, 0.6) is 11.5 Å². The number of nitrogens with zero attached hydrogens (tertiary/aromatic N) is 3. The lowest BCUT2D eigenvalue weighted by molar-refractivity contribution is -0.151. The summed E-state index contributed by atoms with van der Waals surface area (Å²) in [4.78, 5) is 120. The highest BCUT2D eigenvalue weighted by molar-refractivity contribution is 8.26. The Morgan fingerprint density at radius 2 is 0.932 bits per heavy atom. The number of carbonyl (C=O) groups is 9. The molecular formula is C52H49N3O15S4. The number of nitriles is 1. The normalized spacial score (nSPS) is 13.6. The summed E-state index contributed by atoms with van der Waals surface area (Å²) in [5, 5.41) is 13.1. The lowest BCUT2D eigenvalue weighted by Crippen LogP contribution is -2.39. The minimum atomic E-state index is -1.02. The summed E-state index contributed by atoms with van der Waals surface area (Å²) in [6, 6.07) is 20.1. The molecule has 3 heterocycles. The van der Waals surface area contributed by atoms with E-state index in [2.05, 4.69) is 13.2 Å². The van der Waals surface area contributed by atoms with Crippen LogP contribution in [0.1, 0.15) is 71.4 Å². The molecule has 1 saturated heterocycles. The maximum absolute atomic E-state index is 14.7. The van der Waals surface area contributed by atoms with Gasteiger partial charge in [0.1, 0.15) is 43.6 Å². The Balaban J connectivity index is 1.39. The highest BCUT2D eigenvalue weighted by Crippen LogP contribution is 2.69. The molecule has 386 valence electrons. The molecular weight excluding hydrogens is 1030 g/mol. The topological polar surface area (TPSA) is 239 Å². The summed E-state index contributed by atoms with van der Waals surface area (Å²) in [5.41, 5.74) is 0.301. The minimum absolute atomic E-state index is 0.0262. The van der Waals surface area contributed by atoms with Crippen LogP contribution in [0.25, 0.3) is 0 Å². The van der Waals surface area contributed by atoms with Gasteiger partial charge in [-0.05, 0) is 25.0 Å². The van der Waals surface area contributed by atoms with E-state index in [1.54, 1.807) is 45.0 Å². The van der Waals surface area contributed by atoms with Gasteiger partial charge in [-0.3, -0.25) is 33.6 Å². The fourth-order valence-corrected chi connectivity index (χ4v) is 12.1. The SMILES string of the molecule is C=C(C)C(=O)OCCOC(=O)CCC(=O)Oc1c2c(c(OC(=O)CCC(=O)OCCOC(=O)C(=C)C)c3c1SC(=C1C(=O)N(Cc4ccccc4)N(Cc4ccccc4)C1=O)S3)SC(=C(C#N)C(=O)C(C)(C)C)S2. The molecule has 0 aromatic heterocycles. The summed E-state index contributed by atoms with van der Waals surface area (Å²) in [6.45, 7) is 13.7. The highest BCUT2D eigenvalue weighted by atomic mass is 32.2. The summed E-state index contributed by atoms with van der Waals surface area (Å²) < 4.78 is 32.6. The molecule has 3 aromatic rings. The van der Waals surface area contributed by atoms with Gasteiger partial charge in [0, 0.05) is 16.6 Å². The lowest BCUT2D eigenvalue weighted by Gasteiger charge is -2.27. The molecule has 1 fully saturated rings. The molecule has 2 amide bonds. The largest absolute Gasteiger partial charge is 0.462 e. The summed E-state index contributed by atoms with van der Waals surface area (Å²) in [5.74, 6) is -6.93. The number of esters is 6. The van der Waals surface area contributed by atoms with Crippen LogP contribution in [-0.2, 0) is 75.2 Å².